The molecule has 0 bridgehead atoms. The number of nitrogens with one attached hydrogen (secondary N) is 1. The summed E-state index contributed by atoms with van der Waals surface area (Å²) in [6.07, 6.45) is 2.54. The van der Waals surface area contributed by atoms with Crippen molar-refractivity contribution >= 4 is 17.5 Å². The molecule has 2 amide bonds. The van der Waals surface area contributed by atoms with Gasteiger partial charge in [0.15, 0.2) is 0 Å². The van der Waals surface area contributed by atoms with E-state index in [4.69, 9.17) is 11.5 Å². The minimum atomic E-state index is -0.497. The van der Waals surface area contributed by atoms with Gasteiger partial charge in [-0.15, -0.1) is 0 Å². The van der Waals surface area contributed by atoms with Crippen LogP contribution in [0.15, 0.2) is 18.2 Å². The highest BCUT2D eigenvalue weighted by Crippen LogP contribution is 2.33. The number of primary amides is 1. The summed E-state index contributed by atoms with van der Waals surface area (Å²) in [4.78, 5) is 23.1. The van der Waals surface area contributed by atoms with Gasteiger partial charge in [0, 0.05) is 23.7 Å². The third kappa shape index (κ3) is 3.32. The fourth-order valence-electron chi connectivity index (χ4n) is 2.14. The molecule has 0 saturated heterocycles. The summed E-state index contributed by atoms with van der Waals surface area (Å²) in [5.41, 5.74) is 12.9. The number of rotatable bonds is 5. The van der Waals surface area contributed by atoms with Crippen molar-refractivity contribution in [2.45, 2.75) is 32.2 Å². The molecule has 2 rings (SSSR count). The highest BCUT2D eigenvalue weighted by Gasteiger charge is 2.29. The van der Waals surface area contributed by atoms with E-state index in [9.17, 15) is 9.59 Å². The van der Waals surface area contributed by atoms with Crippen LogP contribution >= 0.6 is 0 Å². The second-order valence-electron chi connectivity index (χ2n) is 5.10. The first kappa shape index (κ1) is 13.5. The van der Waals surface area contributed by atoms with Crippen LogP contribution in [-0.2, 0) is 4.79 Å². The van der Waals surface area contributed by atoms with Crippen LogP contribution in [0, 0.1) is 12.8 Å². The molecular weight excluding hydrogens is 242 g/mol. The van der Waals surface area contributed by atoms with Gasteiger partial charge in [0.05, 0.1) is 0 Å². The van der Waals surface area contributed by atoms with Crippen LogP contribution in [0.25, 0.3) is 0 Å². The summed E-state index contributed by atoms with van der Waals surface area (Å²) in [5, 5.41) is 2.79. The molecule has 1 aliphatic carbocycles. The Hall–Kier alpha value is -1.88. The second-order valence-corrected chi connectivity index (χ2v) is 5.10. The Bertz CT molecular complexity index is 509. The topological polar surface area (TPSA) is 98.2 Å². The van der Waals surface area contributed by atoms with Gasteiger partial charge < -0.3 is 16.8 Å². The highest BCUT2D eigenvalue weighted by atomic mass is 16.2. The number of hydrogen-bond donors (Lipinski definition) is 3. The molecule has 1 unspecified atom stereocenters. The van der Waals surface area contributed by atoms with E-state index in [-0.39, 0.29) is 11.9 Å². The average molecular weight is 261 g/mol. The summed E-state index contributed by atoms with van der Waals surface area (Å²) in [5.74, 6) is -0.129. The van der Waals surface area contributed by atoms with Crippen LogP contribution in [-0.4, -0.2) is 17.9 Å². The zero-order chi connectivity index (χ0) is 14.0. The number of benzene rings is 1. The Morgan fingerprint density at radius 3 is 2.68 bits per heavy atom. The lowest BCUT2D eigenvalue weighted by Crippen LogP contribution is -2.29. The lowest BCUT2D eigenvalue weighted by molar-refractivity contribution is -0.116. The Kier molecular flexibility index (Phi) is 3.85. The molecule has 1 aliphatic rings. The molecule has 5 heteroatoms. The monoisotopic (exact) mass is 261 g/mol. The zero-order valence-electron chi connectivity index (χ0n) is 11.0. The van der Waals surface area contributed by atoms with E-state index >= 15 is 0 Å². The summed E-state index contributed by atoms with van der Waals surface area (Å²) < 4.78 is 0. The summed E-state index contributed by atoms with van der Waals surface area (Å²) >= 11 is 0. The van der Waals surface area contributed by atoms with E-state index in [0.717, 1.165) is 12.8 Å². The van der Waals surface area contributed by atoms with Gasteiger partial charge in [-0.3, -0.25) is 9.59 Å². The molecule has 0 heterocycles. The molecule has 1 saturated carbocycles. The maximum absolute atomic E-state index is 11.9. The smallest absolute Gasteiger partial charge is 0.249 e. The number of anilines is 1. The molecule has 0 aliphatic heterocycles. The van der Waals surface area contributed by atoms with Crippen molar-refractivity contribution in [2.75, 3.05) is 5.32 Å². The van der Waals surface area contributed by atoms with Crippen molar-refractivity contribution in [3.63, 3.8) is 0 Å². The third-order valence-corrected chi connectivity index (χ3v) is 3.52. The van der Waals surface area contributed by atoms with Gasteiger partial charge >= 0.3 is 0 Å². The largest absolute Gasteiger partial charge is 0.366 e. The molecule has 102 valence electrons. The van der Waals surface area contributed by atoms with Crippen LogP contribution in [0.4, 0.5) is 5.69 Å². The maximum atomic E-state index is 11.9. The Balaban J connectivity index is 2.03. The molecule has 5 nitrogen and oxygen atoms in total. The van der Waals surface area contributed by atoms with Gasteiger partial charge in [-0.05, 0) is 43.4 Å². The number of hydrogen-bond acceptors (Lipinski definition) is 3. The molecule has 1 aromatic rings. The number of amides is 2. The first-order valence-electron chi connectivity index (χ1n) is 6.44. The lowest BCUT2D eigenvalue weighted by Gasteiger charge is -2.13. The van der Waals surface area contributed by atoms with Crippen molar-refractivity contribution in [1.82, 2.24) is 0 Å². The van der Waals surface area contributed by atoms with E-state index in [1.165, 1.54) is 0 Å². The Labute approximate surface area is 112 Å². The van der Waals surface area contributed by atoms with Crippen molar-refractivity contribution < 1.29 is 9.59 Å². The predicted octanol–water partition coefficient (Wildman–Crippen LogP) is 1.16. The van der Waals surface area contributed by atoms with E-state index in [1.54, 1.807) is 25.1 Å². The fourth-order valence-corrected chi connectivity index (χ4v) is 2.14. The van der Waals surface area contributed by atoms with Gasteiger partial charge in [0.25, 0.3) is 0 Å². The molecule has 5 N–H and O–H groups in total. The third-order valence-electron chi connectivity index (χ3n) is 3.52. The van der Waals surface area contributed by atoms with E-state index in [0.29, 0.717) is 29.2 Å². The lowest BCUT2D eigenvalue weighted by atomic mass is 10.1. The molecule has 1 fully saturated rings. The van der Waals surface area contributed by atoms with Gasteiger partial charge in [-0.25, -0.2) is 0 Å². The molecule has 0 radical (unpaired) electrons. The fraction of sp³-hybridized carbons (Fsp3) is 0.429. The standard InChI is InChI=1S/C14H19N3O2/c1-8-10(14(16)19)3-2-4-12(8)17-13(18)7-11(15)9-5-6-9/h2-4,9,11H,5-7,15H2,1H3,(H2,16,19)(H,17,18). The normalized spacial score (nSPS) is 15.9. The first-order valence-corrected chi connectivity index (χ1v) is 6.44. The zero-order valence-corrected chi connectivity index (χ0v) is 11.0. The van der Waals surface area contributed by atoms with Gasteiger partial charge in [-0.2, -0.15) is 0 Å². The Morgan fingerprint density at radius 2 is 2.11 bits per heavy atom. The first-order chi connectivity index (χ1) is 8.99. The van der Waals surface area contributed by atoms with E-state index < -0.39 is 5.91 Å². The molecule has 0 spiro atoms. The summed E-state index contributed by atoms with van der Waals surface area (Å²) in [6.45, 7) is 1.76. The van der Waals surface area contributed by atoms with Crippen molar-refractivity contribution in [1.29, 1.82) is 0 Å². The van der Waals surface area contributed by atoms with Crippen molar-refractivity contribution in [2.24, 2.45) is 17.4 Å². The predicted molar refractivity (Wildman–Crippen MR) is 73.6 cm³/mol. The van der Waals surface area contributed by atoms with Crippen LogP contribution in [0.1, 0.15) is 35.2 Å². The molecule has 19 heavy (non-hydrogen) atoms. The quantitative estimate of drug-likeness (QED) is 0.741. The summed E-state index contributed by atoms with van der Waals surface area (Å²) in [7, 11) is 0. The van der Waals surface area contributed by atoms with E-state index in [2.05, 4.69) is 5.32 Å². The van der Waals surface area contributed by atoms with Gasteiger partial charge in [0.2, 0.25) is 11.8 Å². The van der Waals surface area contributed by atoms with Crippen molar-refractivity contribution in [3.05, 3.63) is 29.3 Å². The van der Waals surface area contributed by atoms with Crippen molar-refractivity contribution in [3.8, 4) is 0 Å². The molecular formula is C14H19N3O2. The second kappa shape index (κ2) is 5.40. The van der Waals surface area contributed by atoms with Gasteiger partial charge in [-0.1, -0.05) is 6.07 Å². The minimum absolute atomic E-state index is 0.0698. The molecule has 1 atom stereocenters. The average Bonchev–Trinajstić information content (AvgIpc) is 3.15. The van der Waals surface area contributed by atoms with Crippen LogP contribution < -0.4 is 16.8 Å². The number of nitrogens with two attached hydrogens (primary N) is 2. The van der Waals surface area contributed by atoms with Crippen LogP contribution in [0.5, 0.6) is 0 Å². The summed E-state index contributed by atoms with van der Waals surface area (Å²) in [6, 6.07) is 5.02. The SMILES string of the molecule is Cc1c(NC(=O)CC(N)C2CC2)cccc1C(N)=O. The highest BCUT2D eigenvalue weighted by molar-refractivity contribution is 5.98. The van der Waals surface area contributed by atoms with Crippen LogP contribution in [0.3, 0.4) is 0 Å². The molecule has 0 aromatic heterocycles. The van der Waals surface area contributed by atoms with E-state index in [1.807, 2.05) is 0 Å². The Morgan fingerprint density at radius 1 is 1.42 bits per heavy atom. The van der Waals surface area contributed by atoms with Crippen LogP contribution in [0.2, 0.25) is 0 Å². The van der Waals surface area contributed by atoms with Gasteiger partial charge in [0.1, 0.15) is 0 Å². The number of carbonyl (C=O) groups is 2. The number of carbonyl (C=O) groups excluding carboxylic acids is 2. The molecule has 1 aromatic carbocycles. The minimum Gasteiger partial charge on any atom is -0.366 e. The maximum Gasteiger partial charge on any atom is 0.249 e.